The van der Waals surface area contributed by atoms with Crippen LogP contribution in [0.5, 0.6) is 0 Å². The summed E-state index contributed by atoms with van der Waals surface area (Å²) in [5, 5.41) is 0. The number of hydrogen-bond acceptors (Lipinski definition) is 2. The fourth-order valence-electron chi connectivity index (χ4n) is 1.82. The van der Waals surface area contributed by atoms with Gasteiger partial charge in [0.25, 0.3) is 0 Å². The molecule has 1 aromatic rings. The first-order chi connectivity index (χ1) is 7.61. The van der Waals surface area contributed by atoms with Crippen molar-refractivity contribution >= 4 is 33.2 Å². The lowest BCUT2D eigenvalue weighted by atomic mass is 10.1. The highest BCUT2D eigenvalue weighted by Crippen LogP contribution is 2.31. The van der Waals surface area contributed by atoms with Gasteiger partial charge in [0, 0.05) is 23.4 Å². The van der Waals surface area contributed by atoms with Crippen molar-refractivity contribution in [3.63, 3.8) is 0 Å². The zero-order chi connectivity index (χ0) is 11.7. The number of amides is 1. The predicted octanol–water partition coefficient (Wildman–Crippen LogP) is 2.02. The van der Waals surface area contributed by atoms with Gasteiger partial charge in [-0.3, -0.25) is 4.79 Å². The van der Waals surface area contributed by atoms with Crippen LogP contribution in [0.25, 0.3) is 0 Å². The zero-order valence-corrected chi connectivity index (χ0v) is 10.2. The molecule has 1 atom stereocenters. The van der Waals surface area contributed by atoms with E-state index in [0.29, 0.717) is 18.7 Å². The minimum atomic E-state index is -0.00412. The van der Waals surface area contributed by atoms with Crippen LogP contribution in [-0.4, -0.2) is 12.5 Å². The van der Waals surface area contributed by atoms with Crippen LogP contribution < -0.4 is 10.6 Å². The van der Waals surface area contributed by atoms with E-state index >= 15 is 0 Å². The van der Waals surface area contributed by atoms with Crippen molar-refractivity contribution in [1.82, 2.24) is 0 Å². The molecule has 0 aromatic heterocycles. The van der Waals surface area contributed by atoms with Crippen LogP contribution in [0, 0.1) is 18.3 Å². The molecule has 1 fully saturated rings. The van der Waals surface area contributed by atoms with Crippen LogP contribution in [0.15, 0.2) is 22.7 Å². The largest absolute Gasteiger partial charge is 0.397 e. The Morgan fingerprint density at radius 2 is 2.31 bits per heavy atom. The number of hydrogen-bond donors (Lipinski definition) is 1. The van der Waals surface area contributed by atoms with Crippen molar-refractivity contribution in [2.24, 2.45) is 5.92 Å². The highest BCUT2D eigenvalue weighted by Gasteiger charge is 2.30. The van der Waals surface area contributed by atoms with E-state index in [-0.39, 0.29) is 11.8 Å². The number of terminal acetylenes is 1. The SMILES string of the molecule is C#CC1CC(=O)N(c2ccc(Br)cc2N)C1. The van der Waals surface area contributed by atoms with Gasteiger partial charge in [0.05, 0.1) is 11.4 Å². The lowest BCUT2D eigenvalue weighted by Crippen LogP contribution is -2.25. The van der Waals surface area contributed by atoms with E-state index < -0.39 is 0 Å². The Kier molecular flexibility index (Phi) is 2.88. The van der Waals surface area contributed by atoms with Crippen molar-refractivity contribution < 1.29 is 4.79 Å². The third-order valence-corrected chi connectivity index (χ3v) is 3.13. The first kappa shape index (κ1) is 11.0. The molecule has 1 saturated heterocycles. The number of anilines is 2. The average molecular weight is 279 g/mol. The van der Waals surface area contributed by atoms with E-state index in [2.05, 4.69) is 21.9 Å². The number of carbonyl (C=O) groups excluding carboxylic acids is 1. The van der Waals surface area contributed by atoms with Crippen molar-refractivity contribution in [3.05, 3.63) is 22.7 Å². The van der Waals surface area contributed by atoms with Crippen molar-refractivity contribution in [2.45, 2.75) is 6.42 Å². The second-order valence-corrected chi connectivity index (χ2v) is 4.69. The van der Waals surface area contributed by atoms with Crippen LogP contribution in [0.1, 0.15) is 6.42 Å². The van der Waals surface area contributed by atoms with Crippen molar-refractivity contribution in [1.29, 1.82) is 0 Å². The van der Waals surface area contributed by atoms with Crippen molar-refractivity contribution in [3.8, 4) is 12.3 Å². The molecule has 0 saturated carbocycles. The third-order valence-electron chi connectivity index (χ3n) is 2.64. The highest BCUT2D eigenvalue weighted by atomic mass is 79.9. The Labute approximate surface area is 103 Å². The van der Waals surface area contributed by atoms with Crippen LogP contribution in [-0.2, 0) is 4.79 Å². The summed E-state index contributed by atoms with van der Waals surface area (Å²) in [4.78, 5) is 13.4. The van der Waals surface area contributed by atoms with E-state index in [1.165, 1.54) is 0 Å². The molecule has 1 heterocycles. The van der Waals surface area contributed by atoms with E-state index in [0.717, 1.165) is 10.2 Å². The smallest absolute Gasteiger partial charge is 0.228 e. The number of carbonyl (C=O) groups is 1. The summed E-state index contributed by atoms with van der Waals surface area (Å²) in [6.07, 6.45) is 5.74. The predicted molar refractivity (Wildman–Crippen MR) is 67.8 cm³/mol. The van der Waals surface area contributed by atoms with Crippen LogP contribution in [0.3, 0.4) is 0 Å². The van der Waals surface area contributed by atoms with Gasteiger partial charge < -0.3 is 10.6 Å². The first-order valence-corrected chi connectivity index (χ1v) is 5.72. The quantitative estimate of drug-likeness (QED) is 0.631. The van der Waals surface area contributed by atoms with Crippen molar-refractivity contribution in [2.75, 3.05) is 17.2 Å². The molecule has 1 unspecified atom stereocenters. The van der Waals surface area contributed by atoms with E-state index in [1.54, 1.807) is 11.0 Å². The molecule has 82 valence electrons. The molecule has 16 heavy (non-hydrogen) atoms. The molecule has 1 aliphatic rings. The summed E-state index contributed by atoms with van der Waals surface area (Å²) in [7, 11) is 0. The van der Waals surface area contributed by atoms with Crippen LogP contribution in [0.2, 0.25) is 0 Å². The van der Waals surface area contributed by atoms with E-state index in [4.69, 9.17) is 12.2 Å². The second-order valence-electron chi connectivity index (χ2n) is 3.78. The molecule has 1 aliphatic heterocycles. The van der Waals surface area contributed by atoms with Gasteiger partial charge in [-0.25, -0.2) is 0 Å². The van der Waals surface area contributed by atoms with Gasteiger partial charge in [-0.15, -0.1) is 12.3 Å². The standard InChI is InChI=1S/C12H11BrN2O/c1-2-8-5-12(16)15(7-8)11-4-3-9(13)6-10(11)14/h1,3-4,6,8H,5,7,14H2. The lowest BCUT2D eigenvalue weighted by molar-refractivity contribution is -0.117. The lowest BCUT2D eigenvalue weighted by Gasteiger charge is -2.18. The summed E-state index contributed by atoms with van der Waals surface area (Å²) in [6.45, 7) is 0.557. The maximum Gasteiger partial charge on any atom is 0.228 e. The summed E-state index contributed by atoms with van der Waals surface area (Å²) >= 11 is 3.33. The fourth-order valence-corrected chi connectivity index (χ4v) is 2.20. The minimum Gasteiger partial charge on any atom is -0.397 e. The Morgan fingerprint density at radius 1 is 1.56 bits per heavy atom. The molecule has 3 nitrogen and oxygen atoms in total. The number of halogens is 1. The number of benzene rings is 1. The number of nitrogens with zero attached hydrogens (tertiary/aromatic N) is 1. The first-order valence-electron chi connectivity index (χ1n) is 4.93. The summed E-state index contributed by atoms with van der Waals surface area (Å²) < 4.78 is 0.897. The average Bonchev–Trinajstić information content (AvgIpc) is 2.60. The molecule has 2 N–H and O–H groups in total. The molecular formula is C12H11BrN2O. The molecular weight excluding hydrogens is 268 g/mol. The Bertz CT molecular complexity index is 478. The van der Waals surface area contributed by atoms with Gasteiger partial charge in [-0.05, 0) is 18.2 Å². The molecule has 4 heteroatoms. The third kappa shape index (κ3) is 1.91. The Morgan fingerprint density at radius 3 is 2.88 bits per heavy atom. The van der Waals surface area contributed by atoms with Crippen LogP contribution >= 0.6 is 15.9 Å². The maximum atomic E-state index is 11.7. The molecule has 0 spiro atoms. The van der Waals surface area contributed by atoms with Gasteiger partial charge in [0.1, 0.15) is 0 Å². The minimum absolute atomic E-state index is 0.00412. The summed E-state index contributed by atoms with van der Waals surface area (Å²) in [5.74, 6) is 2.65. The normalized spacial score (nSPS) is 19.9. The van der Waals surface area contributed by atoms with Gasteiger partial charge in [-0.1, -0.05) is 15.9 Å². The highest BCUT2D eigenvalue weighted by molar-refractivity contribution is 9.10. The number of rotatable bonds is 1. The number of nitrogens with two attached hydrogens (primary N) is 1. The van der Waals surface area contributed by atoms with Gasteiger partial charge in [0.2, 0.25) is 5.91 Å². The fraction of sp³-hybridized carbons (Fsp3) is 0.250. The van der Waals surface area contributed by atoms with E-state index in [1.807, 2.05) is 12.1 Å². The molecule has 0 aliphatic carbocycles. The monoisotopic (exact) mass is 278 g/mol. The van der Waals surface area contributed by atoms with Gasteiger partial charge in [0.15, 0.2) is 0 Å². The molecule has 2 rings (SSSR count). The summed E-state index contributed by atoms with van der Waals surface area (Å²) in [6, 6.07) is 5.48. The second kappa shape index (κ2) is 4.18. The number of nitrogen functional groups attached to an aromatic ring is 1. The van der Waals surface area contributed by atoms with Gasteiger partial charge in [-0.2, -0.15) is 0 Å². The molecule has 1 amide bonds. The Hall–Kier alpha value is -1.47. The maximum absolute atomic E-state index is 11.7. The summed E-state index contributed by atoms with van der Waals surface area (Å²) in [5.41, 5.74) is 7.20. The Balaban J connectivity index is 2.32. The zero-order valence-electron chi connectivity index (χ0n) is 8.61. The molecule has 0 bridgehead atoms. The molecule has 0 radical (unpaired) electrons. The van der Waals surface area contributed by atoms with E-state index in [9.17, 15) is 4.79 Å². The van der Waals surface area contributed by atoms with Crippen LogP contribution in [0.4, 0.5) is 11.4 Å². The molecule has 1 aromatic carbocycles. The van der Waals surface area contributed by atoms with Gasteiger partial charge >= 0.3 is 0 Å². The topological polar surface area (TPSA) is 46.3 Å².